The molecule has 0 radical (unpaired) electrons. The van der Waals surface area contributed by atoms with E-state index in [9.17, 15) is 18.0 Å². The lowest BCUT2D eigenvalue weighted by Gasteiger charge is -2.24. The molecule has 5 heterocycles. The molecule has 0 aromatic carbocycles. The molecule has 5 rings (SSSR count). The summed E-state index contributed by atoms with van der Waals surface area (Å²) in [6, 6.07) is 6.14. The van der Waals surface area contributed by atoms with E-state index in [1.807, 2.05) is 12.1 Å². The fourth-order valence-electron chi connectivity index (χ4n) is 3.75. The molecule has 1 aliphatic heterocycles. The first-order valence-corrected chi connectivity index (χ1v) is 10.9. The zero-order chi connectivity index (χ0) is 24.6. The summed E-state index contributed by atoms with van der Waals surface area (Å²) in [4.78, 5) is 22.7. The van der Waals surface area contributed by atoms with E-state index in [2.05, 4.69) is 21.8 Å². The Morgan fingerprint density at radius 3 is 2.71 bits per heavy atom. The largest absolute Gasteiger partial charge is 0.472 e. The van der Waals surface area contributed by atoms with Gasteiger partial charge >= 0.3 is 6.18 Å². The monoisotopic (exact) mass is 496 g/mol. The number of hydrogen-bond acceptors (Lipinski definition) is 4. The molecule has 0 aliphatic carbocycles. The van der Waals surface area contributed by atoms with Crippen LogP contribution in [-0.4, -0.2) is 38.3 Å². The van der Waals surface area contributed by atoms with Crippen molar-refractivity contribution >= 4 is 23.2 Å². The summed E-state index contributed by atoms with van der Waals surface area (Å²) in [5, 5.41) is -0.188. The van der Waals surface area contributed by atoms with Crippen molar-refractivity contribution < 1.29 is 22.4 Å². The first-order valence-electron chi connectivity index (χ1n) is 10.5. The molecule has 6 nitrogen and oxygen atoms in total. The Labute approximate surface area is 202 Å². The first kappa shape index (κ1) is 22.7. The lowest BCUT2D eigenvalue weighted by Crippen LogP contribution is -2.35. The topological polar surface area (TPSA) is 63.6 Å². The van der Waals surface area contributed by atoms with Gasteiger partial charge in [-0.3, -0.25) is 14.2 Å². The van der Waals surface area contributed by atoms with Crippen LogP contribution in [0.25, 0.3) is 16.8 Å². The molecule has 176 valence electrons. The minimum absolute atomic E-state index is 0.188. The summed E-state index contributed by atoms with van der Waals surface area (Å²) in [6.07, 6.45) is 5.02. The van der Waals surface area contributed by atoms with Gasteiger partial charge < -0.3 is 9.32 Å². The van der Waals surface area contributed by atoms with E-state index in [0.717, 1.165) is 21.6 Å². The number of imidazole rings is 1. The predicted molar refractivity (Wildman–Crippen MR) is 123 cm³/mol. The zero-order valence-corrected chi connectivity index (χ0v) is 18.8. The number of fused-ring (bicyclic) bond motifs is 1. The second kappa shape index (κ2) is 8.96. The summed E-state index contributed by atoms with van der Waals surface area (Å²) in [5.41, 5.74) is 0.643. The number of pyridine rings is 2. The molecule has 0 spiro atoms. The Kier molecular flexibility index (Phi) is 5.83. The number of amides is 1. The molecule has 0 saturated heterocycles. The Morgan fingerprint density at radius 2 is 2.06 bits per heavy atom. The third kappa shape index (κ3) is 4.53. The van der Waals surface area contributed by atoms with Crippen molar-refractivity contribution in [2.75, 3.05) is 13.1 Å². The Morgan fingerprint density at radius 1 is 1.20 bits per heavy atom. The average molecular weight is 497 g/mol. The van der Waals surface area contributed by atoms with Gasteiger partial charge in [0.1, 0.15) is 5.15 Å². The van der Waals surface area contributed by atoms with Crippen molar-refractivity contribution in [3.8, 4) is 23.0 Å². The summed E-state index contributed by atoms with van der Waals surface area (Å²) in [7, 11) is 0. The van der Waals surface area contributed by atoms with E-state index in [1.165, 1.54) is 29.7 Å². The van der Waals surface area contributed by atoms with Crippen LogP contribution in [0, 0.1) is 11.8 Å². The fourth-order valence-corrected chi connectivity index (χ4v) is 4.01. The van der Waals surface area contributed by atoms with Gasteiger partial charge in [0.2, 0.25) is 0 Å². The van der Waals surface area contributed by atoms with Crippen LogP contribution in [0.5, 0.6) is 0 Å². The van der Waals surface area contributed by atoms with Gasteiger partial charge in [0.25, 0.3) is 5.91 Å². The molecule has 4 aromatic heterocycles. The number of rotatable bonds is 2. The lowest BCUT2D eigenvalue weighted by molar-refractivity contribution is -0.136. The number of hydrogen-bond donors (Lipinski definition) is 0. The highest BCUT2D eigenvalue weighted by molar-refractivity contribution is 6.33. The number of nitrogens with zero attached hydrogens (tertiary/aromatic N) is 4. The zero-order valence-electron chi connectivity index (χ0n) is 18.0. The third-order valence-electron chi connectivity index (χ3n) is 5.55. The van der Waals surface area contributed by atoms with Crippen LogP contribution < -0.4 is 0 Å². The van der Waals surface area contributed by atoms with Gasteiger partial charge in [0.05, 0.1) is 18.1 Å². The van der Waals surface area contributed by atoms with Crippen LogP contribution in [0.2, 0.25) is 5.15 Å². The van der Waals surface area contributed by atoms with Gasteiger partial charge in [0.15, 0.2) is 11.3 Å². The van der Waals surface area contributed by atoms with Crippen molar-refractivity contribution in [1.29, 1.82) is 0 Å². The lowest BCUT2D eigenvalue weighted by atomic mass is 10.1. The van der Waals surface area contributed by atoms with E-state index in [-0.39, 0.29) is 23.0 Å². The highest BCUT2D eigenvalue weighted by Gasteiger charge is 2.36. The Hall–Kier alpha value is -4.03. The van der Waals surface area contributed by atoms with Gasteiger partial charge in [0, 0.05) is 53.9 Å². The molecule has 0 atom stereocenters. The van der Waals surface area contributed by atoms with Crippen LogP contribution in [0.1, 0.15) is 28.0 Å². The van der Waals surface area contributed by atoms with E-state index in [4.69, 9.17) is 16.0 Å². The van der Waals surface area contributed by atoms with Crippen LogP contribution in [-0.2, 0) is 6.18 Å². The maximum Gasteiger partial charge on any atom is 0.420 e. The molecular weight excluding hydrogens is 481 g/mol. The van der Waals surface area contributed by atoms with E-state index < -0.39 is 23.3 Å². The normalized spacial score (nSPS) is 13.9. The number of carbonyl (C=O) groups is 1. The molecular formula is C25H16ClF3N4O2. The molecule has 0 bridgehead atoms. The molecule has 1 aliphatic rings. The summed E-state index contributed by atoms with van der Waals surface area (Å²) >= 11 is 6.39. The Bertz CT molecular complexity index is 1500. The molecule has 0 N–H and O–H groups in total. The molecule has 0 unspecified atom stereocenters. The van der Waals surface area contributed by atoms with Gasteiger partial charge in [-0.25, -0.2) is 4.98 Å². The second-order valence-electron chi connectivity index (χ2n) is 7.82. The van der Waals surface area contributed by atoms with Gasteiger partial charge in [-0.2, -0.15) is 13.2 Å². The van der Waals surface area contributed by atoms with E-state index in [0.29, 0.717) is 18.5 Å². The standard InChI is InChI=1S/C25H16ClF3N4O2/c26-22-21(24(34)32-9-5-16(6-10-32)3-4-17-2-1-8-30-13-17)31-23-20(25(27,28)29)12-19(14-33(22)23)18-7-11-35-15-18/h1-2,5,7-8,11-15H,6,9-10H2. The van der Waals surface area contributed by atoms with Crippen molar-refractivity contribution in [3.63, 3.8) is 0 Å². The highest BCUT2D eigenvalue weighted by atomic mass is 35.5. The van der Waals surface area contributed by atoms with Crippen LogP contribution >= 0.6 is 11.6 Å². The fraction of sp³-hybridized carbons (Fsp3) is 0.160. The third-order valence-corrected chi connectivity index (χ3v) is 5.91. The molecule has 0 saturated carbocycles. The molecule has 4 aromatic rings. The predicted octanol–water partition coefficient (Wildman–Crippen LogP) is 5.49. The van der Waals surface area contributed by atoms with Crippen molar-refractivity contribution in [3.05, 3.63) is 89.0 Å². The van der Waals surface area contributed by atoms with Crippen molar-refractivity contribution in [1.82, 2.24) is 19.3 Å². The molecule has 0 fully saturated rings. The maximum atomic E-state index is 13.8. The second-order valence-corrected chi connectivity index (χ2v) is 8.18. The number of aromatic nitrogens is 3. The molecule has 1 amide bonds. The Balaban J connectivity index is 1.45. The first-order chi connectivity index (χ1) is 16.8. The number of halogens is 4. The van der Waals surface area contributed by atoms with E-state index >= 15 is 0 Å². The van der Waals surface area contributed by atoms with Crippen molar-refractivity contribution in [2.24, 2.45) is 0 Å². The number of furan rings is 1. The van der Waals surface area contributed by atoms with Crippen LogP contribution in [0.15, 0.2) is 71.4 Å². The van der Waals surface area contributed by atoms with Gasteiger partial charge in [-0.1, -0.05) is 29.5 Å². The smallest absolute Gasteiger partial charge is 0.420 e. The van der Waals surface area contributed by atoms with E-state index in [1.54, 1.807) is 18.5 Å². The maximum absolute atomic E-state index is 13.8. The number of carbonyl (C=O) groups excluding carboxylic acids is 1. The minimum atomic E-state index is -4.70. The molecule has 35 heavy (non-hydrogen) atoms. The summed E-state index contributed by atoms with van der Waals surface area (Å²) in [6.45, 7) is 0.579. The number of alkyl halides is 3. The molecule has 10 heteroatoms. The van der Waals surface area contributed by atoms with Gasteiger partial charge in [-0.15, -0.1) is 0 Å². The quantitative estimate of drug-likeness (QED) is 0.344. The van der Waals surface area contributed by atoms with Crippen molar-refractivity contribution in [2.45, 2.75) is 12.6 Å². The average Bonchev–Trinajstić information content (AvgIpc) is 3.51. The van der Waals surface area contributed by atoms with Crippen LogP contribution in [0.3, 0.4) is 0 Å². The highest BCUT2D eigenvalue weighted by Crippen LogP contribution is 2.37. The summed E-state index contributed by atoms with van der Waals surface area (Å²) in [5.74, 6) is 5.54. The SMILES string of the molecule is O=C(c1nc2c(C(F)(F)F)cc(-c3ccoc3)cn2c1Cl)N1CC=C(C#Cc2cccnc2)CC1. The minimum Gasteiger partial charge on any atom is -0.472 e. The summed E-state index contributed by atoms with van der Waals surface area (Å²) < 4.78 is 47.6. The van der Waals surface area contributed by atoms with Crippen LogP contribution in [0.4, 0.5) is 13.2 Å². The van der Waals surface area contributed by atoms with Gasteiger partial charge in [-0.05, 0) is 30.7 Å².